The topological polar surface area (TPSA) is 37.3 Å². The van der Waals surface area contributed by atoms with Crippen LogP contribution in [0.1, 0.15) is 50.0 Å². The summed E-state index contributed by atoms with van der Waals surface area (Å²) in [5.74, 6) is 0.0634. The highest BCUT2D eigenvalue weighted by Gasteiger charge is 2.17. The Hall–Kier alpha value is -1.31. The predicted molar refractivity (Wildman–Crippen MR) is 61.4 cm³/mol. The number of phenols is 1. The third kappa shape index (κ3) is 2.58. The standard InChI is InChI=1S/C13H18O2/c1-5-11(14)10-8-9(13(2,3)4)6-7-12(10)15/h6-8,15H,5H2,1-4H3. The summed E-state index contributed by atoms with van der Waals surface area (Å²) >= 11 is 0. The number of hydrogen-bond acceptors (Lipinski definition) is 2. The monoisotopic (exact) mass is 206 g/mol. The molecule has 0 unspecified atom stereocenters. The zero-order valence-corrected chi connectivity index (χ0v) is 9.79. The minimum atomic E-state index is -0.0152. The van der Waals surface area contributed by atoms with Gasteiger partial charge in [0.25, 0.3) is 0 Å². The van der Waals surface area contributed by atoms with Crippen LogP contribution in [0.5, 0.6) is 5.75 Å². The van der Waals surface area contributed by atoms with E-state index in [2.05, 4.69) is 20.8 Å². The number of rotatable bonds is 2. The van der Waals surface area contributed by atoms with Crippen LogP contribution in [0, 0.1) is 0 Å². The largest absolute Gasteiger partial charge is 0.507 e. The Labute approximate surface area is 90.9 Å². The highest BCUT2D eigenvalue weighted by molar-refractivity contribution is 5.98. The van der Waals surface area contributed by atoms with Crippen molar-refractivity contribution >= 4 is 5.78 Å². The molecule has 2 heteroatoms. The zero-order valence-electron chi connectivity index (χ0n) is 9.79. The number of carbonyl (C=O) groups excluding carboxylic acids is 1. The second kappa shape index (κ2) is 4.05. The Morgan fingerprint density at radius 1 is 1.33 bits per heavy atom. The molecule has 0 saturated carbocycles. The number of aromatic hydroxyl groups is 1. The number of phenolic OH excluding ortho intramolecular Hbond substituents is 1. The molecule has 2 nitrogen and oxygen atoms in total. The van der Waals surface area contributed by atoms with Crippen LogP contribution in [0.3, 0.4) is 0 Å². The molecule has 0 saturated heterocycles. The molecule has 0 heterocycles. The van der Waals surface area contributed by atoms with Gasteiger partial charge in [-0.3, -0.25) is 4.79 Å². The maximum Gasteiger partial charge on any atom is 0.166 e. The molecule has 0 atom stereocenters. The van der Waals surface area contributed by atoms with E-state index in [4.69, 9.17) is 0 Å². The molecule has 0 aliphatic rings. The number of hydrogen-bond donors (Lipinski definition) is 1. The Morgan fingerprint density at radius 2 is 1.93 bits per heavy atom. The van der Waals surface area contributed by atoms with Crippen LogP contribution in [-0.4, -0.2) is 10.9 Å². The quantitative estimate of drug-likeness (QED) is 0.754. The first-order valence-corrected chi connectivity index (χ1v) is 5.23. The highest BCUT2D eigenvalue weighted by atomic mass is 16.3. The van der Waals surface area contributed by atoms with Crippen molar-refractivity contribution in [1.82, 2.24) is 0 Å². The summed E-state index contributed by atoms with van der Waals surface area (Å²) in [4.78, 5) is 11.6. The number of carbonyl (C=O) groups is 1. The van der Waals surface area contributed by atoms with Gasteiger partial charge in [0.05, 0.1) is 5.56 Å². The van der Waals surface area contributed by atoms with E-state index < -0.39 is 0 Å². The van der Waals surface area contributed by atoms with E-state index in [0.717, 1.165) is 5.56 Å². The molecular formula is C13H18O2. The average molecular weight is 206 g/mol. The van der Waals surface area contributed by atoms with Crippen molar-refractivity contribution in [3.63, 3.8) is 0 Å². The number of Topliss-reactive ketones (excluding diaryl/α,β-unsaturated/α-hetero) is 1. The van der Waals surface area contributed by atoms with Gasteiger partial charge in [0.2, 0.25) is 0 Å². The highest BCUT2D eigenvalue weighted by Crippen LogP contribution is 2.27. The van der Waals surface area contributed by atoms with E-state index in [1.807, 2.05) is 6.07 Å². The fourth-order valence-electron chi connectivity index (χ4n) is 1.42. The van der Waals surface area contributed by atoms with E-state index in [0.29, 0.717) is 12.0 Å². The zero-order chi connectivity index (χ0) is 11.6. The van der Waals surface area contributed by atoms with Crippen molar-refractivity contribution in [3.05, 3.63) is 29.3 Å². The lowest BCUT2D eigenvalue weighted by Crippen LogP contribution is -2.12. The van der Waals surface area contributed by atoms with Crippen LogP contribution >= 0.6 is 0 Å². The molecule has 0 spiro atoms. The van der Waals surface area contributed by atoms with Gasteiger partial charge in [-0.25, -0.2) is 0 Å². The van der Waals surface area contributed by atoms with Crippen LogP contribution in [0.15, 0.2) is 18.2 Å². The van der Waals surface area contributed by atoms with Crippen LogP contribution in [-0.2, 0) is 5.41 Å². The van der Waals surface area contributed by atoms with Crippen molar-refractivity contribution in [3.8, 4) is 5.75 Å². The maximum absolute atomic E-state index is 11.6. The molecule has 82 valence electrons. The van der Waals surface area contributed by atoms with Crippen LogP contribution in [0.4, 0.5) is 0 Å². The molecule has 0 aromatic heterocycles. The van der Waals surface area contributed by atoms with Crippen molar-refractivity contribution in [2.24, 2.45) is 0 Å². The molecule has 0 bridgehead atoms. The second-order valence-corrected chi connectivity index (χ2v) is 4.76. The van der Waals surface area contributed by atoms with Gasteiger partial charge in [0, 0.05) is 6.42 Å². The van der Waals surface area contributed by atoms with Gasteiger partial charge in [-0.05, 0) is 23.1 Å². The van der Waals surface area contributed by atoms with Gasteiger partial charge in [0.15, 0.2) is 5.78 Å². The first-order valence-electron chi connectivity index (χ1n) is 5.23. The van der Waals surface area contributed by atoms with Gasteiger partial charge in [0.1, 0.15) is 5.75 Å². The smallest absolute Gasteiger partial charge is 0.166 e. The summed E-state index contributed by atoms with van der Waals surface area (Å²) in [6.07, 6.45) is 0.418. The first kappa shape index (κ1) is 11.8. The molecule has 1 rings (SSSR count). The second-order valence-electron chi connectivity index (χ2n) is 4.76. The predicted octanol–water partition coefficient (Wildman–Crippen LogP) is 3.28. The fourth-order valence-corrected chi connectivity index (χ4v) is 1.42. The number of benzene rings is 1. The Bertz CT molecular complexity index is 373. The summed E-state index contributed by atoms with van der Waals surface area (Å²) in [5, 5.41) is 9.58. The van der Waals surface area contributed by atoms with Crippen LogP contribution in [0.25, 0.3) is 0 Å². The molecule has 0 fully saturated rings. The van der Waals surface area contributed by atoms with Crippen LogP contribution in [0.2, 0.25) is 0 Å². The van der Waals surface area contributed by atoms with E-state index in [-0.39, 0.29) is 16.9 Å². The average Bonchev–Trinajstić information content (AvgIpc) is 2.15. The van der Waals surface area contributed by atoms with Gasteiger partial charge in [-0.15, -0.1) is 0 Å². The van der Waals surface area contributed by atoms with E-state index in [1.165, 1.54) is 0 Å². The summed E-state index contributed by atoms with van der Waals surface area (Å²) in [6, 6.07) is 5.26. The minimum Gasteiger partial charge on any atom is -0.507 e. The summed E-state index contributed by atoms with van der Waals surface area (Å²) in [5.41, 5.74) is 1.50. The molecule has 0 amide bonds. The third-order valence-electron chi connectivity index (χ3n) is 2.48. The normalized spacial score (nSPS) is 11.5. The molecule has 0 aliphatic carbocycles. The third-order valence-corrected chi connectivity index (χ3v) is 2.48. The summed E-state index contributed by atoms with van der Waals surface area (Å²) < 4.78 is 0. The van der Waals surface area contributed by atoms with E-state index in [1.54, 1.807) is 19.1 Å². The Balaban J connectivity index is 3.23. The van der Waals surface area contributed by atoms with Gasteiger partial charge >= 0.3 is 0 Å². The fraction of sp³-hybridized carbons (Fsp3) is 0.462. The first-order chi connectivity index (χ1) is 6.86. The van der Waals surface area contributed by atoms with Gasteiger partial charge in [-0.1, -0.05) is 33.8 Å². The summed E-state index contributed by atoms with van der Waals surface area (Å²) in [7, 11) is 0. The maximum atomic E-state index is 11.6. The van der Waals surface area contributed by atoms with Crippen molar-refractivity contribution in [1.29, 1.82) is 0 Å². The Kier molecular flexibility index (Phi) is 3.18. The van der Waals surface area contributed by atoms with Crippen molar-refractivity contribution in [2.75, 3.05) is 0 Å². The minimum absolute atomic E-state index is 0.00350. The summed E-state index contributed by atoms with van der Waals surface area (Å²) in [6.45, 7) is 8.05. The SMILES string of the molecule is CCC(=O)c1cc(C(C)(C)C)ccc1O. The molecule has 1 N–H and O–H groups in total. The molecule has 0 radical (unpaired) electrons. The molecular weight excluding hydrogens is 188 g/mol. The Morgan fingerprint density at radius 3 is 2.40 bits per heavy atom. The molecule has 15 heavy (non-hydrogen) atoms. The van der Waals surface area contributed by atoms with Crippen molar-refractivity contribution in [2.45, 2.75) is 39.5 Å². The van der Waals surface area contributed by atoms with Gasteiger partial charge in [-0.2, -0.15) is 0 Å². The van der Waals surface area contributed by atoms with E-state index in [9.17, 15) is 9.90 Å². The number of ketones is 1. The van der Waals surface area contributed by atoms with Crippen LogP contribution < -0.4 is 0 Å². The molecule has 1 aromatic carbocycles. The lowest BCUT2D eigenvalue weighted by molar-refractivity contribution is 0.0985. The molecule has 1 aromatic rings. The van der Waals surface area contributed by atoms with E-state index >= 15 is 0 Å². The lowest BCUT2D eigenvalue weighted by Gasteiger charge is -2.20. The van der Waals surface area contributed by atoms with Gasteiger partial charge < -0.3 is 5.11 Å². The van der Waals surface area contributed by atoms with Crippen molar-refractivity contribution < 1.29 is 9.90 Å². The lowest BCUT2D eigenvalue weighted by atomic mass is 9.85. The molecule has 0 aliphatic heterocycles.